The summed E-state index contributed by atoms with van der Waals surface area (Å²) in [5, 5.41) is 4.15. The van der Waals surface area contributed by atoms with Crippen molar-refractivity contribution in [2.24, 2.45) is 5.92 Å². The minimum absolute atomic E-state index is 0.0382. The molecule has 0 saturated carbocycles. The van der Waals surface area contributed by atoms with Crippen LogP contribution in [0.2, 0.25) is 5.15 Å². The number of carbonyl (C=O) groups excluding carboxylic acids is 1. The molecule has 3 rings (SSSR count). The van der Waals surface area contributed by atoms with E-state index in [1.807, 2.05) is 6.07 Å². The van der Waals surface area contributed by atoms with Gasteiger partial charge in [0.15, 0.2) is 5.15 Å². The lowest BCUT2D eigenvalue weighted by Crippen LogP contribution is -2.44. The fourth-order valence-corrected chi connectivity index (χ4v) is 5.12. The van der Waals surface area contributed by atoms with Crippen molar-refractivity contribution < 1.29 is 13.2 Å². The lowest BCUT2D eigenvalue weighted by Gasteiger charge is -2.30. The SMILES string of the molecule is CCS(=O)(=O)N1CCCC(C(=O)Nc2sc(-c3cccnc3)nc2Cl)C1. The summed E-state index contributed by atoms with van der Waals surface area (Å²) in [5.41, 5.74) is 0.817. The quantitative estimate of drug-likeness (QED) is 0.812. The molecule has 0 radical (unpaired) electrons. The third kappa shape index (κ3) is 4.22. The normalized spacial score (nSPS) is 18.6. The standard InChI is InChI=1S/C16H19ClN4O3S2/c1-2-26(23,24)21-8-4-6-12(10-21)14(22)20-16-13(17)19-15(25-16)11-5-3-7-18-9-11/h3,5,7,9,12H,2,4,6,8,10H2,1H3,(H,20,22). The Bertz CT molecular complexity index is 886. The van der Waals surface area contributed by atoms with Crippen molar-refractivity contribution in [2.45, 2.75) is 19.8 Å². The molecule has 0 spiro atoms. The summed E-state index contributed by atoms with van der Waals surface area (Å²) >= 11 is 7.43. The van der Waals surface area contributed by atoms with Crippen LogP contribution in [-0.4, -0.2) is 47.4 Å². The number of hydrogen-bond acceptors (Lipinski definition) is 6. The number of nitrogens with one attached hydrogen (secondary N) is 1. The molecule has 2 aromatic rings. The average Bonchev–Trinajstić information content (AvgIpc) is 3.03. The number of rotatable bonds is 5. The lowest BCUT2D eigenvalue weighted by atomic mass is 9.99. The number of nitrogens with zero attached hydrogens (tertiary/aromatic N) is 3. The Hall–Kier alpha value is -1.55. The molecule has 1 amide bonds. The molecule has 2 aromatic heterocycles. The van der Waals surface area contributed by atoms with Crippen LogP contribution >= 0.6 is 22.9 Å². The third-order valence-corrected chi connectivity index (χ3v) is 7.50. The molecule has 3 heterocycles. The summed E-state index contributed by atoms with van der Waals surface area (Å²) < 4.78 is 25.5. The lowest BCUT2D eigenvalue weighted by molar-refractivity contribution is -0.120. The summed E-state index contributed by atoms with van der Waals surface area (Å²) in [5.74, 6) is -0.592. The van der Waals surface area contributed by atoms with Crippen molar-refractivity contribution in [3.8, 4) is 10.6 Å². The highest BCUT2D eigenvalue weighted by Crippen LogP contribution is 2.35. The predicted octanol–water partition coefficient (Wildman–Crippen LogP) is 2.86. The van der Waals surface area contributed by atoms with E-state index < -0.39 is 15.9 Å². The van der Waals surface area contributed by atoms with Gasteiger partial charge in [-0.3, -0.25) is 9.78 Å². The molecule has 1 aliphatic heterocycles. The molecular weight excluding hydrogens is 396 g/mol. The highest BCUT2D eigenvalue weighted by molar-refractivity contribution is 7.89. The number of halogens is 1. The Morgan fingerprint density at radius 3 is 3.00 bits per heavy atom. The number of anilines is 1. The summed E-state index contributed by atoms with van der Waals surface area (Å²) in [6.07, 6.45) is 4.65. The molecule has 10 heteroatoms. The van der Waals surface area contributed by atoms with Gasteiger partial charge in [-0.1, -0.05) is 22.9 Å². The Morgan fingerprint density at radius 1 is 1.50 bits per heavy atom. The highest BCUT2D eigenvalue weighted by atomic mass is 35.5. The molecule has 140 valence electrons. The Balaban J connectivity index is 1.71. The van der Waals surface area contributed by atoms with Crippen molar-refractivity contribution in [3.05, 3.63) is 29.7 Å². The van der Waals surface area contributed by atoms with Crippen LogP contribution in [0.15, 0.2) is 24.5 Å². The minimum atomic E-state index is -3.29. The Morgan fingerprint density at radius 2 is 2.31 bits per heavy atom. The molecule has 0 aliphatic carbocycles. The number of thiazole rings is 1. The van der Waals surface area contributed by atoms with Crippen LogP contribution in [0.4, 0.5) is 5.00 Å². The molecular formula is C16H19ClN4O3S2. The zero-order valence-corrected chi connectivity index (χ0v) is 16.6. The number of hydrogen-bond donors (Lipinski definition) is 1. The van der Waals surface area contributed by atoms with E-state index in [-0.39, 0.29) is 23.4 Å². The molecule has 1 N–H and O–H groups in total. The van der Waals surface area contributed by atoms with Crippen LogP contribution in [0.3, 0.4) is 0 Å². The first kappa shape index (κ1) is 19.2. The van der Waals surface area contributed by atoms with Crippen molar-refractivity contribution in [1.29, 1.82) is 0 Å². The number of amides is 1. The average molecular weight is 415 g/mol. The fraction of sp³-hybridized carbons (Fsp3) is 0.438. The summed E-state index contributed by atoms with van der Waals surface area (Å²) in [4.78, 5) is 20.9. The van der Waals surface area contributed by atoms with E-state index in [0.717, 1.165) is 5.56 Å². The van der Waals surface area contributed by atoms with E-state index in [0.29, 0.717) is 29.4 Å². The third-order valence-electron chi connectivity index (χ3n) is 4.24. The van der Waals surface area contributed by atoms with Gasteiger partial charge >= 0.3 is 0 Å². The largest absolute Gasteiger partial charge is 0.315 e. The number of piperidine rings is 1. The van der Waals surface area contributed by atoms with Gasteiger partial charge in [0.2, 0.25) is 15.9 Å². The molecule has 1 fully saturated rings. The van der Waals surface area contributed by atoms with E-state index in [1.54, 1.807) is 25.4 Å². The van der Waals surface area contributed by atoms with Gasteiger partial charge in [0.25, 0.3) is 0 Å². The van der Waals surface area contributed by atoms with Gasteiger partial charge in [-0.05, 0) is 31.9 Å². The van der Waals surface area contributed by atoms with Crippen LogP contribution < -0.4 is 5.32 Å². The molecule has 0 aromatic carbocycles. The zero-order chi connectivity index (χ0) is 18.7. The van der Waals surface area contributed by atoms with Gasteiger partial charge in [0, 0.05) is 31.0 Å². The van der Waals surface area contributed by atoms with Gasteiger partial charge < -0.3 is 5.32 Å². The molecule has 1 saturated heterocycles. The monoisotopic (exact) mass is 414 g/mol. The maximum Gasteiger partial charge on any atom is 0.229 e. The Kier molecular flexibility index (Phi) is 5.91. The van der Waals surface area contributed by atoms with Gasteiger partial charge in [-0.25, -0.2) is 17.7 Å². The zero-order valence-electron chi connectivity index (χ0n) is 14.2. The van der Waals surface area contributed by atoms with Crippen molar-refractivity contribution in [2.75, 3.05) is 24.2 Å². The van der Waals surface area contributed by atoms with Crippen LogP contribution in [0.25, 0.3) is 10.6 Å². The molecule has 1 aliphatic rings. The summed E-state index contributed by atoms with van der Waals surface area (Å²) in [6, 6.07) is 3.66. The molecule has 7 nitrogen and oxygen atoms in total. The smallest absolute Gasteiger partial charge is 0.229 e. The van der Waals surface area contributed by atoms with Gasteiger partial charge in [0.1, 0.15) is 10.0 Å². The fourth-order valence-electron chi connectivity index (χ4n) is 2.80. The first-order valence-electron chi connectivity index (χ1n) is 8.26. The second kappa shape index (κ2) is 7.99. The van der Waals surface area contributed by atoms with Crippen LogP contribution in [0.5, 0.6) is 0 Å². The molecule has 26 heavy (non-hydrogen) atoms. The van der Waals surface area contributed by atoms with Gasteiger partial charge in [-0.15, -0.1) is 0 Å². The van der Waals surface area contributed by atoms with Crippen molar-refractivity contribution in [1.82, 2.24) is 14.3 Å². The van der Waals surface area contributed by atoms with E-state index >= 15 is 0 Å². The minimum Gasteiger partial charge on any atom is -0.315 e. The van der Waals surface area contributed by atoms with Gasteiger partial charge in [0.05, 0.1) is 11.7 Å². The number of aromatic nitrogens is 2. The number of sulfonamides is 1. The van der Waals surface area contributed by atoms with Crippen molar-refractivity contribution >= 4 is 43.9 Å². The van der Waals surface area contributed by atoms with Crippen LogP contribution in [-0.2, 0) is 14.8 Å². The van der Waals surface area contributed by atoms with Crippen molar-refractivity contribution in [3.63, 3.8) is 0 Å². The number of pyridine rings is 1. The second-order valence-electron chi connectivity index (χ2n) is 5.97. The Labute approximate surface area is 161 Å². The summed E-state index contributed by atoms with van der Waals surface area (Å²) in [6.45, 7) is 2.27. The molecule has 1 unspecified atom stereocenters. The molecule has 0 bridgehead atoms. The maximum absolute atomic E-state index is 12.6. The number of carbonyl (C=O) groups is 1. The topological polar surface area (TPSA) is 92.3 Å². The van der Waals surface area contributed by atoms with E-state index in [9.17, 15) is 13.2 Å². The van der Waals surface area contributed by atoms with E-state index in [4.69, 9.17) is 11.6 Å². The maximum atomic E-state index is 12.6. The first-order valence-corrected chi connectivity index (χ1v) is 11.1. The van der Waals surface area contributed by atoms with Gasteiger partial charge in [-0.2, -0.15) is 0 Å². The van der Waals surface area contributed by atoms with E-state index in [2.05, 4.69) is 15.3 Å². The van der Waals surface area contributed by atoms with Crippen LogP contribution in [0.1, 0.15) is 19.8 Å². The molecule has 1 atom stereocenters. The van der Waals surface area contributed by atoms with E-state index in [1.165, 1.54) is 15.6 Å². The van der Waals surface area contributed by atoms with Crippen LogP contribution in [0, 0.1) is 5.92 Å². The predicted molar refractivity (Wildman–Crippen MR) is 103 cm³/mol. The summed E-state index contributed by atoms with van der Waals surface area (Å²) in [7, 11) is -3.29. The first-order chi connectivity index (χ1) is 12.4. The highest BCUT2D eigenvalue weighted by Gasteiger charge is 2.32. The second-order valence-corrected chi connectivity index (χ2v) is 9.58.